The number of amides is 2. The van der Waals surface area contributed by atoms with Crippen molar-refractivity contribution >= 4 is 17.8 Å². The van der Waals surface area contributed by atoms with Crippen molar-refractivity contribution in [3.05, 3.63) is 24.2 Å². The fourth-order valence-corrected chi connectivity index (χ4v) is 3.83. The Bertz CT molecular complexity index is 667. The predicted molar refractivity (Wildman–Crippen MR) is 107 cm³/mol. The van der Waals surface area contributed by atoms with Gasteiger partial charge in [0.05, 0.1) is 12.8 Å². The van der Waals surface area contributed by atoms with E-state index in [1.54, 1.807) is 12.3 Å². The number of carbonyl (C=O) groups excluding carboxylic acids is 2. The largest absolute Gasteiger partial charge is 0.467 e. The van der Waals surface area contributed by atoms with E-state index in [1.165, 1.54) is 12.8 Å². The number of aliphatic imine (C=N–C) groups is 1. The van der Waals surface area contributed by atoms with E-state index >= 15 is 0 Å². The van der Waals surface area contributed by atoms with Crippen molar-refractivity contribution in [2.45, 2.75) is 51.6 Å². The van der Waals surface area contributed by atoms with E-state index in [9.17, 15) is 9.59 Å². The van der Waals surface area contributed by atoms with Gasteiger partial charge in [-0.25, -0.2) is 4.99 Å². The smallest absolute Gasteiger partial charge is 0.242 e. The van der Waals surface area contributed by atoms with E-state index in [0.717, 1.165) is 25.8 Å². The molecule has 1 saturated heterocycles. The number of nitrogens with one attached hydrogen (secondary N) is 3. The fraction of sp³-hybridized carbons (Fsp3) is 0.650. The van der Waals surface area contributed by atoms with E-state index in [0.29, 0.717) is 37.3 Å². The molecule has 2 heterocycles. The van der Waals surface area contributed by atoms with Gasteiger partial charge in [-0.15, -0.1) is 0 Å². The maximum Gasteiger partial charge on any atom is 0.242 e. The van der Waals surface area contributed by atoms with E-state index in [2.05, 4.69) is 20.9 Å². The standard InChI is InChI=1S/C20H31N5O3/c1-2-21-20(23-13-18(26)22-12-17-8-5-11-28-17)24-16-9-10-25(14-16)19(27)15-6-3-4-7-15/h5,8,11,15-16H,2-4,6-7,9-10,12-14H2,1H3,(H,22,26)(H2,21,23,24). The lowest BCUT2D eigenvalue weighted by Crippen LogP contribution is -2.45. The summed E-state index contributed by atoms with van der Waals surface area (Å²) >= 11 is 0. The molecule has 28 heavy (non-hydrogen) atoms. The van der Waals surface area contributed by atoms with E-state index in [1.807, 2.05) is 17.9 Å². The van der Waals surface area contributed by atoms with Crippen LogP contribution in [0, 0.1) is 5.92 Å². The number of carbonyl (C=O) groups is 2. The number of hydrogen-bond donors (Lipinski definition) is 3. The number of furan rings is 1. The van der Waals surface area contributed by atoms with Crippen LogP contribution in [0.25, 0.3) is 0 Å². The SMILES string of the molecule is CCNC(=NCC(=O)NCc1ccco1)NC1CCN(C(=O)C2CCCC2)C1. The van der Waals surface area contributed by atoms with E-state index in [-0.39, 0.29) is 24.4 Å². The molecule has 1 aromatic rings. The van der Waals surface area contributed by atoms with Gasteiger partial charge in [0.2, 0.25) is 11.8 Å². The minimum absolute atomic E-state index is 0.0352. The van der Waals surface area contributed by atoms with Crippen molar-refractivity contribution in [2.24, 2.45) is 10.9 Å². The van der Waals surface area contributed by atoms with E-state index in [4.69, 9.17) is 4.42 Å². The van der Waals surface area contributed by atoms with Gasteiger partial charge in [-0.3, -0.25) is 9.59 Å². The molecule has 0 spiro atoms. The van der Waals surface area contributed by atoms with Crippen molar-refractivity contribution in [2.75, 3.05) is 26.2 Å². The number of rotatable bonds is 7. The number of likely N-dealkylation sites (tertiary alicyclic amines) is 1. The van der Waals surface area contributed by atoms with Gasteiger partial charge < -0.3 is 25.3 Å². The first-order chi connectivity index (χ1) is 13.7. The van der Waals surface area contributed by atoms with Crippen molar-refractivity contribution in [1.29, 1.82) is 0 Å². The molecule has 1 aliphatic heterocycles. The summed E-state index contributed by atoms with van der Waals surface area (Å²) in [6, 6.07) is 3.76. The molecular formula is C20H31N5O3. The van der Waals surface area contributed by atoms with Crippen LogP contribution < -0.4 is 16.0 Å². The monoisotopic (exact) mass is 389 g/mol. The maximum absolute atomic E-state index is 12.6. The number of guanidine groups is 1. The average Bonchev–Trinajstić information content (AvgIpc) is 3.46. The van der Waals surface area contributed by atoms with Crippen molar-refractivity contribution < 1.29 is 14.0 Å². The molecule has 1 aromatic heterocycles. The molecule has 3 rings (SSSR count). The van der Waals surface area contributed by atoms with E-state index < -0.39 is 0 Å². The summed E-state index contributed by atoms with van der Waals surface area (Å²) in [5, 5.41) is 9.32. The predicted octanol–water partition coefficient (Wildman–Crippen LogP) is 1.24. The van der Waals surface area contributed by atoms with Gasteiger partial charge in [0.25, 0.3) is 0 Å². The molecule has 0 bridgehead atoms. The minimum atomic E-state index is -0.168. The normalized spacial score (nSPS) is 20.4. The molecule has 2 amide bonds. The molecule has 8 heteroatoms. The molecular weight excluding hydrogens is 358 g/mol. The number of nitrogens with zero attached hydrogens (tertiary/aromatic N) is 2. The third-order valence-corrected chi connectivity index (χ3v) is 5.31. The molecule has 1 unspecified atom stereocenters. The van der Waals surface area contributed by atoms with Crippen LogP contribution in [0.1, 0.15) is 44.8 Å². The Morgan fingerprint density at radius 3 is 2.79 bits per heavy atom. The van der Waals surface area contributed by atoms with Crippen molar-refractivity contribution in [1.82, 2.24) is 20.9 Å². The molecule has 1 atom stereocenters. The molecule has 1 saturated carbocycles. The van der Waals surface area contributed by atoms with Gasteiger partial charge in [-0.05, 0) is 38.3 Å². The van der Waals surface area contributed by atoms with Crippen LogP contribution >= 0.6 is 0 Å². The Morgan fingerprint density at radius 2 is 2.07 bits per heavy atom. The summed E-state index contributed by atoms with van der Waals surface area (Å²) in [6.45, 7) is 4.57. The van der Waals surface area contributed by atoms with Gasteiger partial charge in [-0.2, -0.15) is 0 Å². The van der Waals surface area contributed by atoms with Crippen LogP contribution in [0.3, 0.4) is 0 Å². The molecule has 2 fully saturated rings. The lowest BCUT2D eigenvalue weighted by atomic mass is 10.1. The summed E-state index contributed by atoms with van der Waals surface area (Å²) in [7, 11) is 0. The first-order valence-electron chi connectivity index (χ1n) is 10.3. The van der Waals surface area contributed by atoms with Gasteiger partial charge in [-0.1, -0.05) is 12.8 Å². The molecule has 0 radical (unpaired) electrons. The van der Waals surface area contributed by atoms with Crippen LogP contribution in [0.4, 0.5) is 0 Å². The second-order valence-corrected chi connectivity index (χ2v) is 7.45. The first-order valence-corrected chi connectivity index (χ1v) is 10.3. The summed E-state index contributed by atoms with van der Waals surface area (Å²) in [4.78, 5) is 30.9. The van der Waals surface area contributed by atoms with Gasteiger partial charge >= 0.3 is 0 Å². The Hall–Kier alpha value is -2.51. The van der Waals surface area contributed by atoms with Crippen molar-refractivity contribution in [3.8, 4) is 0 Å². The van der Waals surface area contributed by atoms with Crippen LogP contribution in [-0.4, -0.2) is 54.9 Å². The molecule has 154 valence electrons. The van der Waals surface area contributed by atoms with Crippen LogP contribution in [-0.2, 0) is 16.1 Å². The zero-order valence-electron chi connectivity index (χ0n) is 16.6. The third-order valence-electron chi connectivity index (χ3n) is 5.31. The van der Waals surface area contributed by atoms with Crippen LogP contribution in [0.5, 0.6) is 0 Å². The Kier molecular flexibility index (Phi) is 7.33. The molecule has 8 nitrogen and oxygen atoms in total. The Labute approximate surface area is 166 Å². The molecule has 0 aromatic carbocycles. The lowest BCUT2D eigenvalue weighted by molar-refractivity contribution is -0.134. The summed E-state index contributed by atoms with van der Waals surface area (Å²) < 4.78 is 5.20. The topological polar surface area (TPSA) is 99.0 Å². The lowest BCUT2D eigenvalue weighted by Gasteiger charge is -2.21. The van der Waals surface area contributed by atoms with Gasteiger partial charge in [0.1, 0.15) is 12.3 Å². The van der Waals surface area contributed by atoms with Gasteiger partial charge in [0, 0.05) is 31.6 Å². The summed E-state index contributed by atoms with van der Waals surface area (Å²) in [5.74, 6) is 1.67. The first kappa shape index (κ1) is 20.2. The zero-order chi connectivity index (χ0) is 19.8. The zero-order valence-corrected chi connectivity index (χ0v) is 16.6. The number of hydrogen-bond acceptors (Lipinski definition) is 4. The highest BCUT2D eigenvalue weighted by molar-refractivity contribution is 5.85. The molecule has 2 aliphatic rings. The minimum Gasteiger partial charge on any atom is -0.467 e. The highest BCUT2D eigenvalue weighted by atomic mass is 16.3. The van der Waals surface area contributed by atoms with Gasteiger partial charge in [0.15, 0.2) is 5.96 Å². The second-order valence-electron chi connectivity index (χ2n) is 7.45. The molecule has 1 aliphatic carbocycles. The van der Waals surface area contributed by atoms with Crippen molar-refractivity contribution in [3.63, 3.8) is 0 Å². The fourth-order valence-electron chi connectivity index (χ4n) is 3.83. The second kappa shape index (κ2) is 10.1. The highest BCUT2D eigenvalue weighted by Gasteiger charge is 2.32. The van der Waals surface area contributed by atoms with Crippen LogP contribution in [0.15, 0.2) is 27.8 Å². The summed E-state index contributed by atoms with van der Waals surface area (Å²) in [6.07, 6.45) is 6.88. The molecule has 3 N–H and O–H groups in total. The highest BCUT2D eigenvalue weighted by Crippen LogP contribution is 2.27. The summed E-state index contributed by atoms with van der Waals surface area (Å²) in [5.41, 5.74) is 0. The Balaban J connectivity index is 1.45. The van der Waals surface area contributed by atoms with Crippen LogP contribution in [0.2, 0.25) is 0 Å². The third kappa shape index (κ3) is 5.74. The Morgan fingerprint density at radius 1 is 1.25 bits per heavy atom. The quantitative estimate of drug-likeness (QED) is 0.481. The average molecular weight is 390 g/mol. The maximum atomic E-state index is 12.6.